The van der Waals surface area contributed by atoms with Gasteiger partial charge >= 0.3 is 0 Å². The first-order valence-corrected chi connectivity index (χ1v) is 52.9. The normalized spacial score (nSPS) is 18.2. The predicted molar refractivity (Wildman–Crippen MR) is 546 cm³/mol. The van der Waals surface area contributed by atoms with Crippen LogP contribution in [-0.2, 0) is 94.0 Å². The summed E-state index contributed by atoms with van der Waals surface area (Å²) in [5.74, 6) is 1.93. The van der Waals surface area contributed by atoms with Gasteiger partial charge in [-0.05, 0) is 121 Å². The lowest BCUT2D eigenvalue weighted by molar-refractivity contribution is 0.0497. The smallest absolute Gasteiger partial charge is 0.229 e. The highest BCUT2D eigenvalue weighted by molar-refractivity contribution is 7.92. The fraction of sp³-hybridized carbons (Fsp3) is 0.222. The van der Waals surface area contributed by atoms with Crippen molar-refractivity contribution in [1.29, 1.82) is 0 Å². The number of nitrogens with one attached hydrogen (secondary N) is 4. The molecule has 4 aliphatic heterocycles. The molecular formula is C108H106N12O16S4+2. The second-order valence-electron chi connectivity index (χ2n) is 35.5. The number of allylic oxidation sites excluding steroid dienone is 12. The molecule has 20 rings (SSSR count). The van der Waals surface area contributed by atoms with Crippen LogP contribution in [0.25, 0.3) is 78.2 Å². The van der Waals surface area contributed by atoms with Crippen LogP contribution in [0, 0.1) is 35.8 Å². The number of hydrogen-bond donors (Lipinski definition) is 8. The number of rotatable bonds is 24. The quantitative estimate of drug-likeness (QED) is 0.0260. The number of aliphatic hydroxyl groups is 4. The minimum Gasteiger partial charge on any atom is -0.493 e. The Kier molecular flexibility index (Phi) is 28.8. The van der Waals surface area contributed by atoms with Crippen LogP contribution in [0.5, 0.6) is 23.0 Å². The summed E-state index contributed by atoms with van der Waals surface area (Å²) >= 11 is 0. The molecule has 716 valence electrons. The zero-order valence-electron chi connectivity index (χ0n) is 78.0. The van der Waals surface area contributed by atoms with Crippen LogP contribution in [0.3, 0.4) is 0 Å². The number of sulfonamides is 4. The van der Waals surface area contributed by atoms with E-state index in [0.29, 0.717) is 97.9 Å². The molecule has 0 fully saturated rings. The van der Waals surface area contributed by atoms with E-state index in [2.05, 4.69) is 63.6 Å². The second kappa shape index (κ2) is 41.6. The first-order chi connectivity index (χ1) is 67.1. The van der Waals surface area contributed by atoms with Gasteiger partial charge in [-0.15, -0.1) is 0 Å². The third-order valence-electron chi connectivity index (χ3n) is 25.0. The molecule has 8 atom stereocenters. The zero-order valence-corrected chi connectivity index (χ0v) is 81.3. The number of aromatic nitrogens is 8. The van der Waals surface area contributed by atoms with Gasteiger partial charge in [-0.2, -0.15) is 20.4 Å². The maximum Gasteiger partial charge on any atom is 0.229 e. The van der Waals surface area contributed by atoms with Gasteiger partial charge in [-0.3, -0.25) is 37.6 Å². The number of ether oxygens (including phenoxy) is 4. The number of aryl methyl sites for hydroxylation is 4. The molecule has 0 saturated carbocycles. The summed E-state index contributed by atoms with van der Waals surface area (Å²) in [6.45, 7) is 1.46. The lowest BCUT2D eigenvalue weighted by atomic mass is 9.88. The average Bonchev–Trinajstić information content (AvgIpc) is 0.898. The first-order valence-electron chi connectivity index (χ1n) is 45.4. The van der Waals surface area contributed by atoms with E-state index in [-0.39, 0.29) is 23.7 Å². The molecule has 4 aromatic heterocycles. The minimum absolute atomic E-state index is 0.119. The Morgan fingerprint density at radius 3 is 0.786 bits per heavy atom. The van der Waals surface area contributed by atoms with Crippen molar-refractivity contribution in [1.82, 2.24) is 39.1 Å². The van der Waals surface area contributed by atoms with E-state index in [9.17, 15) is 54.1 Å². The molecule has 0 radical (unpaired) electrons. The Morgan fingerprint density at radius 1 is 0.307 bits per heavy atom. The van der Waals surface area contributed by atoms with Crippen LogP contribution in [-0.4, -0.2) is 145 Å². The number of nitrogens with zero attached hydrogens (tertiary/aromatic N) is 8. The third-order valence-corrected chi connectivity index (χ3v) is 27.4. The van der Waals surface area contributed by atoms with E-state index in [1.165, 1.54) is 0 Å². The molecule has 14 aromatic rings. The van der Waals surface area contributed by atoms with E-state index in [0.717, 1.165) is 160 Å². The van der Waals surface area contributed by atoms with Gasteiger partial charge in [0.05, 0.1) is 134 Å². The lowest BCUT2D eigenvalue weighted by Gasteiger charge is -2.30. The third kappa shape index (κ3) is 23.3. The highest BCUT2D eigenvalue weighted by Crippen LogP contribution is 2.47. The number of aliphatic hydroxyl groups excluding tert-OH is 4. The van der Waals surface area contributed by atoms with Gasteiger partial charge in [0.15, 0.2) is 0 Å². The lowest BCUT2D eigenvalue weighted by Crippen LogP contribution is -2.28. The fourth-order valence-corrected chi connectivity index (χ4v) is 20.3. The van der Waals surface area contributed by atoms with Crippen molar-refractivity contribution in [2.75, 3.05) is 70.3 Å². The Hall–Kier alpha value is -14.7. The molecule has 32 heteroatoms. The summed E-state index contributed by atoms with van der Waals surface area (Å²) in [5, 5.41) is 63.2. The highest BCUT2D eigenvalue weighted by Gasteiger charge is 2.37. The van der Waals surface area contributed by atoms with Gasteiger partial charge in [0.2, 0.25) is 40.1 Å². The molecule has 0 unspecified atom stereocenters. The number of anilines is 4. The molecule has 0 bridgehead atoms. The monoisotopic (exact) mass is 1950 g/mol. The predicted octanol–water partition coefficient (Wildman–Crippen LogP) is 16.9. The second-order valence-corrected chi connectivity index (χ2v) is 42.5. The number of fused-ring (bicyclic) bond motifs is 4. The summed E-state index contributed by atoms with van der Waals surface area (Å²) in [6, 6.07) is 79.4. The number of benzene rings is 10. The van der Waals surface area contributed by atoms with Crippen LogP contribution >= 0.6 is 0 Å². The summed E-state index contributed by atoms with van der Waals surface area (Å²) in [6.07, 6.45) is 25.6. The summed E-state index contributed by atoms with van der Waals surface area (Å²) in [7, 11) is -6.03. The molecule has 8 N–H and O–H groups in total. The fourth-order valence-electron chi connectivity index (χ4n) is 18.0. The maximum atomic E-state index is 11.8. The van der Waals surface area contributed by atoms with Crippen LogP contribution in [0.1, 0.15) is 80.8 Å². The van der Waals surface area contributed by atoms with Crippen molar-refractivity contribution >= 4 is 74.0 Å². The maximum absolute atomic E-state index is 11.8. The van der Waals surface area contributed by atoms with Crippen LogP contribution in [0.2, 0.25) is 0 Å². The Labute approximate surface area is 814 Å². The van der Waals surface area contributed by atoms with Crippen molar-refractivity contribution in [2.24, 2.45) is 51.9 Å². The summed E-state index contributed by atoms with van der Waals surface area (Å²) in [4.78, 5) is 0. The van der Waals surface area contributed by atoms with Crippen molar-refractivity contribution in [3.63, 3.8) is 0 Å². The molecule has 6 aliphatic rings. The Morgan fingerprint density at radius 2 is 0.543 bits per heavy atom. The van der Waals surface area contributed by atoms with Gasteiger partial charge in [0.25, 0.3) is 0 Å². The molecule has 8 heterocycles. The van der Waals surface area contributed by atoms with Gasteiger partial charge in [0, 0.05) is 142 Å². The molecule has 28 nitrogen and oxygen atoms in total. The van der Waals surface area contributed by atoms with E-state index in [4.69, 9.17) is 18.9 Å². The molecule has 10 aromatic carbocycles. The van der Waals surface area contributed by atoms with Crippen molar-refractivity contribution in [3.8, 4) is 90.0 Å². The zero-order chi connectivity index (χ0) is 98.3. The SMILES string of the molecule is Cn1nc(-c2ccccc2)cc1C[C@@H]1COc2cc(-c3ccccc3NS(C)(=O)=O)ccc2[C@H]1O.Cn1nc(-c2ccccc2)cc1C[C@H]1COc2cc(-c3ccccc3NS(C)(=O)=O)ccc2[C@@H]1O.Cn1nc(C2=CC=[C+]C=C2)cc1C[C@@H]1COc2cc(-c3ccccc3NS(C)(=O)=O)ccc2[C@H]1O.Cn1nc(C2=CC=[C+]C=C2)cc1C[C@H]1COc2cc(-c3ccccc3NS(C)(=O)=O)ccc2[C@@H]1O. The van der Waals surface area contributed by atoms with Crippen LogP contribution in [0.4, 0.5) is 22.7 Å². The van der Waals surface area contributed by atoms with E-state index in [1.54, 1.807) is 48.5 Å². The molecule has 0 spiro atoms. The largest absolute Gasteiger partial charge is 0.493 e. The van der Waals surface area contributed by atoms with Crippen LogP contribution in [0.15, 0.2) is 303 Å². The molecule has 2 aliphatic carbocycles. The van der Waals surface area contributed by atoms with E-state index < -0.39 is 64.5 Å². The average molecular weight is 1960 g/mol. The van der Waals surface area contributed by atoms with Crippen LogP contribution < -0.4 is 37.8 Å². The molecule has 0 saturated heterocycles. The molecule has 140 heavy (non-hydrogen) atoms. The molecular weight excluding hydrogens is 1850 g/mol. The van der Waals surface area contributed by atoms with Gasteiger partial charge in [-0.1, -0.05) is 182 Å². The van der Waals surface area contributed by atoms with E-state index >= 15 is 0 Å². The number of para-hydroxylation sites is 4. The van der Waals surface area contributed by atoms with Crippen molar-refractivity contribution < 1.29 is 73.0 Å². The Bertz CT molecular complexity index is 7210. The standard InChI is InChI=1S/2C27H27N3O4S.2C27H26N3O4S/c4*1-30-21(16-25(28-30)18-8-4-3-5-9-18)14-20-17-34-26-15-19(12-13-23(26)27(20)31)22-10-6-7-11-24(22)29-35(2,32)33/h2*3-13,15-16,20,27,29,31H,14,17H2,1-2H3;2*4-13,15-16,20,27,29,31H,14,17H2,1-2H3/q;;2*+1/t4*20-,27+/m1010/s1. The topological polar surface area (TPSA) is 374 Å². The van der Waals surface area contributed by atoms with E-state index in [1.807, 2.05) is 290 Å². The van der Waals surface area contributed by atoms with Gasteiger partial charge in [-0.25, -0.2) is 33.7 Å². The number of hydrogen-bond acceptors (Lipinski definition) is 20. The highest BCUT2D eigenvalue weighted by atomic mass is 32.2. The Balaban J connectivity index is 0.000000129. The van der Waals surface area contributed by atoms with Gasteiger partial charge < -0.3 is 39.4 Å². The van der Waals surface area contributed by atoms with Crippen molar-refractivity contribution in [3.05, 3.63) is 372 Å². The van der Waals surface area contributed by atoms with Gasteiger partial charge in [0.1, 0.15) is 69.8 Å². The van der Waals surface area contributed by atoms with Crippen molar-refractivity contribution in [2.45, 2.75) is 50.1 Å². The summed E-state index contributed by atoms with van der Waals surface area (Å²) < 4.78 is 136. The first kappa shape index (κ1) is 97.0. The molecule has 0 amide bonds. The minimum atomic E-state index is -3.42. The summed E-state index contributed by atoms with van der Waals surface area (Å²) in [5.41, 5.74) is 22.9.